The van der Waals surface area contributed by atoms with E-state index in [9.17, 15) is 9.59 Å². The Kier molecular flexibility index (Phi) is 7.06. The average Bonchev–Trinajstić information content (AvgIpc) is 2.75. The molecule has 3 N–H and O–H groups in total. The first-order valence-electron chi connectivity index (χ1n) is 9.47. The van der Waals surface area contributed by atoms with Gasteiger partial charge in [0.15, 0.2) is 0 Å². The zero-order valence-corrected chi connectivity index (χ0v) is 18.2. The zero-order valence-electron chi connectivity index (χ0n) is 17.4. The summed E-state index contributed by atoms with van der Waals surface area (Å²) in [6.07, 6.45) is 1.63. The number of fused-ring (bicyclic) bond motifs is 1. The number of benzene rings is 2. The van der Waals surface area contributed by atoms with E-state index in [4.69, 9.17) is 12.2 Å². The first-order valence-corrected chi connectivity index (χ1v) is 9.88. The Morgan fingerprint density at radius 3 is 2.61 bits per heavy atom. The van der Waals surface area contributed by atoms with Gasteiger partial charge in [0.25, 0.3) is 11.5 Å². The van der Waals surface area contributed by atoms with Crippen LogP contribution >= 0.6 is 12.2 Å². The molecule has 0 aliphatic carbocycles. The van der Waals surface area contributed by atoms with Crippen LogP contribution in [0, 0.1) is 6.92 Å². The smallest absolute Gasteiger partial charge is 0.280 e. The number of para-hydroxylation sites is 1. The molecule has 1 aromatic heterocycles. The van der Waals surface area contributed by atoms with Crippen LogP contribution in [0.1, 0.15) is 11.4 Å². The Balaban J connectivity index is 1.52. The number of nitrogens with zero attached hydrogens (tertiary/aromatic N) is 4. The van der Waals surface area contributed by atoms with Crippen molar-refractivity contribution in [3.05, 3.63) is 70.3 Å². The van der Waals surface area contributed by atoms with Crippen molar-refractivity contribution < 1.29 is 4.79 Å². The average molecular weight is 438 g/mol. The minimum Gasteiger partial charge on any atom is -0.378 e. The Morgan fingerprint density at radius 1 is 1.19 bits per heavy atom. The lowest BCUT2D eigenvalue weighted by Crippen LogP contribution is -2.44. The fourth-order valence-corrected chi connectivity index (χ4v) is 2.89. The van der Waals surface area contributed by atoms with E-state index in [1.165, 1.54) is 0 Å². The number of aliphatic imine (C=N–C) groups is 1. The number of carbonyl (C=O) groups excluding carboxylic acids is 1. The lowest BCUT2D eigenvalue weighted by atomic mass is 10.2. The van der Waals surface area contributed by atoms with Crippen LogP contribution < -0.4 is 26.7 Å². The van der Waals surface area contributed by atoms with E-state index in [2.05, 4.69) is 26.3 Å². The van der Waals surface area contributed by atoms with E-state index >= 15 is 0 Å². The number of aryl methyl sites for hydroxylation is 1. The molecule has 31 heavy (non-hydrogen) atoms. The summed E-state index contributed by atoms with van der Waals surface area (Å²) in [5.41, 5.74) is 10.1. The molecular formula is C21H23N7O2S. The van der Waals surface area contributed by atoms with E-state index in [0.717, 1.165) is 15.9 Å². The molecule has 9 nitrogen and oxygen atoms in total. The van der Waals surface area contributed by atoms with Gasteiger partial charge >= 0.3 is 0 Å². The van der Waals surface area contributed by atoms with Gasteiger partial charge in [-0.1, -0.05) is 24.3 Å². The van der Waals surface area contributed by atoms with Gasteiger partial charge in [-0.05, 0) is 49.0 Å². The van der Waals surface area contributed by atoms with Gasteiger partial charge in [-0.25, -0.2) is 20.1 Å². The molecule has 1 heterocycles. The molecule has 0 spiro atoms. The van der Waals surface area contributed by atoms with Crippen LogP contribution in [0.25, 0.3) is 10.9 Å². The fraction of sp³-hybridized carbons (Fsp3) is 0.190. The van der Waals surface area contributed by atoms with Crippen molar-refractivity contribution in [1.29, 1.82) is 0 Å². The van der Waals surface area contributed by atoms with Gasteiger partial charge in [0, 0.05) is 26.0 Å². The van der Waals surface area contributed by atoms with Gasteiger partial charge in [0.2, 0.25) is 5.11 Å². The molecule has 0 aliphatic heterocycles. The van der Waals surface area contributed by atoms with Crippen molar-refractivity contribution >= 4 is 46.0 Å². The third-order valence-corrected chi connectivity index (χ3v) is 4.57. The first kappa shape index (κ1) is 22.1. The number of rotatable bonds is 6. The lowest BCUT2D eigenvalue weighted by Gasteiger charge is -2.12. The minimum atomic E-state index is -0.444. The molecule has 160 valence electrons. The standard InChI is InChI=1S/C21H23N7O2S/c1-14-24-18-7-5-4-6-17(18)20(30)28(14)26-19(29)13-23-25-21(31)22-12-15-8-10-16(11-9-15)27(2)3/h4-12,23H,13H2,1-3H3,(H,25,31)(H,26,29)/b22-12+. The highest BCUT2D eigenvalue weighted by Gasteiger charge is 2.10. The van der Waals surface area contributed by atoms with Gasteiger partial charge in [-0.3, -0.25) is 20.4 Å². The Hall–Kier alpha value is -3.63. The maximum Gasteiger partial charge on any atom is 0.280 e. The molecule has 3 rings (SSSR count). The normalized spacial score (nSPS) is 10.9. The largest absolute Gasteiger partial charge is 0.378 e. The van der Waals surface area contributed by atoms with Crippen LogP contribution in [0.15, 0.2) is 58.3 Å². The van der Waals surface area contributed by atoms with Crippen LogP contribution in [0.2, 0.25) is 0 Å². The predicted octanol–water partition coefficient (Wildman–Crippen LogP) is 1.34. The second-order valence-corrected chi connectivity index (χ2v) is 7.27. The maximum atomic E-state index is 12.6. The van der Waals surface area contributed by atoms with Crippen LogP contribution in [0.5, 0.6) is 0 Å². The third-order valence-electron chi connectivity index (χ3n) is 4.36. The Morgan fingerprint density at radius 2 is 1.90 bits per heavy atom. The number of aromatic nitrogens is 2. The lowest BCUT2D eigenvalue weighted by molar-refractivity contribution is -0.116. The molecule has 0 aliphatic rings. The van der Waals surface area contributed by atoms with E-state index in [1.807, 2.05) is 43.3 Å². The molecule has 10 heteroatoms. The molecule has 0 radical (unpaired) electrons. The van der Waals surface area contributed by atoms with E-state index < -0.39 is 5.91 Å². The molecule has 0 atom stereocenters. The molecule has 0 unspecified atom stereocenters. The topological polar surface area (TPSA) is 104 Å². The van der Waals surface area contributed by atoms with Gasteiger partial charge in [-0.15, -0.1) is 0 Å². The van der Waals surface area contributed by atoms with Gasteiger partial charge in [-0.2, -0.15) is 0 Å². The number of thiocarbonyl (C=S) groups is 1. The summed E-state index contributed by atoms with van der Waals surface area (Å²) in [7, 11) is 3.94. The highest BCUT2D eigenvalue weighted by molar-refractivity contribution is 7.80. The SMILES string of the molecule is Cc1nc2ccccc2c(=O)n1NC(=O)CNNC(=S)/N=C/c1ccc(N(C)C)cc1. The summed E-state index contributed by atoms with van der Waals surface area (Å²) >= 11 is 5.12. The number of nitrogens with one attached hydrogen (secondary N) is 3. The summed E-state index contributed by atoms with van der Waals surface area (Å²) in [6, 6.07) is 14.8. The van der Waals surface area contributed by atoms with Crippen molar-refractivity contribution in [2.45, 2.75) is 6.92 Å². The van der Waals surface area contributed by atoms with Crippen molar-refractivity contribution in [3.63, 3.8) is 0 Å². The summed E-state index contributed by atoms with van der Waals surface area (Å²) in [5.74, 6) is -0.0637. The van der Waals surface area contributed by atoms with E-state index in [-0.39, 0.29) is 17.2 Å². The van der Waals surface area contributed by atoms with Crippen LogP contribution in [-0.4, -0.2) is 47.5 Å². The van der Waals surface area contributed by atoms with Crippen molar-refractivity contribution in [1.82, 2.24) is 20.5 Å². The summed E-state index contributed by atoms with van der Waals surface area (Å²) in [6.45, 7) is 1.51. The summed E-state index contributed by atoms with van der Waals surface area (Å²) < 4.78 is 1.13. The number of hydrogen-bond acceptors (Lipinski definition) is 6. The van der Waals surface area contributed by atoms with Crippen LogP contribution in [0.3, 0.4) is 0 Å². The number of amides is 1. The first-order chi connectivity index (χ1) is 14.8. The number of anilines is 1. The molecule has 0 saturated heterocycles. The quantitative estimate of drug-likeness (QED) is 0.304. The highest BCUT2D eigenvalue weighted by Crippen LogP contribution is 2.11. The number of carbonyl (C=O) groups is 1. The molecule has 2 aromatic carbocycles. The van der Waals surface area contributed by atoms with Crippen LogP contribution in [-0.2, 0) is 4.79 Å². The number of hydrazine groups is 1. The van der Waals surface area contributed by atoms with Crippen molar-refractivity contribution in [2.75, 3.05) is 31.0 Å². The fourth-order valence-electron chi connectivity index (χ4n) is 2.76. The molecule has 3 aromatic rings. The second-order valence-electron chi connectivity index (χ2n) is 6.88. The molecule has 0 fully saturated rings. The second kappa shape index (κ2) is 9.92. The molecule has 0 saturated carbocycles. The number of hydrogen-bond donors (Lipinski definition) is 3. The molecule has 0 bridgehead atoms. The van der Waals surface area contributed by atoms with Gasteiger partial charge in [0.1, 0.15) is 5.82 Å². The van der Waals surface area contributed by atoms with E-state index in [0.29, 0.717) is 16.7 Å². The Labute approximate surface area is 184 Å². The summed E-state index contributed by atoms with van der Waals surface area (Å²) in [5, 5.41) is 0.596. The zero-order chi connectivity index (χ0) is 22.4. The maximum absolute atomic E-state index is 12.6. The predicted molar refractivity (Wildman–Crippen MR) is 127 cm³/mol. The minimum absolute atomic E-state index is 0.133. The third kappa shape index (κ3) is 5.71. The Bertz CT molecular complexity index is 1190. The van der Waals surface area contributed by atoms with Crippen molar-refractivity contribution in [2.24, 2.45) is 4.99 Å². The van der Waals surface area contributed by atoms with Crippen molar-refractivity contribution in [3.8, 4) is 0 Å². The monoisotopic (exact) mass is 437 g/mol. The van der Waals surface area contributed by atoms with Crippen LogP contribution in [0.4, 0.5) is 5.69 Å². The molecular weight excluding hydrogens is 414 g/mol. The van der Waals surface area contributed by atoms with Gasteiger partial charge in [0.05, 0.1) is 17.4 Å². The van der Waals surface area contributed by atoms with Gasteiger partial charge < -0.3 is 4.90 Å². The summed E-state index contributed by atoms with van der Waals surface area (Å²) in [4.78, 5) is 35.3. The molecule has 1 amide bonds. The highest BCUT2D eigenvalue weighted by atomic mass is 32.1. The van der Waals surface area contributed by atoms with E-state index in [1.54, 1.807) is 37.4 Å².